The molecule has 100 valence electrons. The van der Waals surface area contributed by atoms with Gasteiger partial charge in [-0.15, -0.1) is 0 Å². The fraction of sp³-hybridized carbons (Fsp3) is 0.600. The van der Waals surface area contributed by atoms with Gasteiger partial charge in [0, 0.05) is 11.1 Å². The molecule has 1 N–H and O–H groups in total. The third kappa shape index (κ3) is 3.04. The van der Waals surface area contributed by atoms with Crippen molar-refractivity contribution in [3.8, 4) is 0 Å². The smallest absolute Gasteiger partial charge is 0.127 e. The molecule has 0 saturated heterocycles. The molecule has 3 heteroatoms. The molecular formula is C15H21ClFN. The van der Waals surface area contributed by atoms with Crippen molar-refractivity contribution >= 4 is 11.6 Å². The van der Waals surface area contributed by atoms with E-state index in [1.807, 2.05) is 6.07 Å². The molecule has 1 aromatic carbocycles. The summed E-state index contributed by atoms with van der Waals surface area (Å²) in [5.41, 5.74) is 1.05. The highest BCUT2D eigenvalue weighted by molar-refractivity contribution is 6.30. The Morgan fingerprint density at radius 2 is 2.17 bits per heavy atom. The lowest BCUT2D eigenvalue weighted by molar-refractivity contribution is 0.346. The van der Waals surface area contributed by atoms with E-state index in [9.17, 15) is 4.39 Å². The molecule has 0 amide bonds. The molecule has 1 aromatic rings. The van der Waals surface area contributed by atoms with Gasteiger partial charge < -0.3 is 5.32 Å². The maximum Gasteiger partial charge on any atom is 0.127 e. The Hall–Kier alpha value is -0.600. The fourth-order valence-corrected chi connectivity index (χ4v) is 2.70. The van der Waals surface area contributed by atoms with Crippen LogP contribution >= 0.6 is 11.6 Å². The van der Waals surface area contributed by atoms with Crippen molar-refractivity contribution in [3.05, 3.63) is 34.6 Å². The van der Waals surface area contributed by atoms with Crippen LogP contribution in [0.3, 0.4) is 0 Å². The molecule has 0 heterocycles. The van der Waals surface area contributed by atoms with Crippen molar-refractivity contribution in [3.63, 3.8) is 0 Å². The fourth-order valence-electron chi connectivity index (χ4n) is 2.55. The van der Waals surface area contributed by atoms with Crippen molar-refractivity contribution in [2.75, 3.05) is 6.54 Å². The zero-order valence-corrected chi connectivity index (χ0v) is 11.9. The highest BCUT2D eigenvalue weighted by Gasteiger charge is 2.47. The second-order valence-electron chi connectivity index (χ2n) is 5.45. The highest BCUT2D eigenvalue weighted by Crippen LogP contribution is 2.51. The zero-order valence-electron chi connectivity index (χ0n) is 11.1. The molecule has 1 saturated carbocycles. The highest BCUT2D eigenvalue weighted by atomic mass is 35.5. The minimum Gasteiger partial charge on any atom is -0.314 e. The van der Waals surface area contributed by atoms with E-state index in [1.54, 1.807) is 6.07 Å². The topological polar surface area (TPSA) is 12.0 Å². The van der Waals surface area contributed by atoms with Crippen LogP contribution in [0.2, 0.25) is 5.02 Å². The number of hydrogen-bond acceptors (Lipinski definition) is 1. The van der Waals surface area contributed by atoms with Gasteiger partial charge in [-0.25, -0.2) is 4.39 Å². The molecule has 0 bridgehead atoms. The molecule has 0 aliphatic heterocycles. The maximum absolute atomic E-state index is 13.8. The Balaban J connectivity index is 2.04. The third-order valence-corrected chi connectivity index (χ3v) is 4.30. The standard InChI is InChI=1S/C15H21ClFN/c1-3-8-18-11(2)15(6-7-15)10-12-4-5-13(16)9-14(12)17/h4-5,9,11,18H,3,6-8,10H2,1-2H3. The van der Waals surface area contributed by atoms with Crippen molar-refractivity contribution in [2.24, 2.45) is 5.41 Å². The summed E-state index contributed by atoms with van der Waals surface area (Å²) in [5, 5.41) is 4.01. The molecule has 0 aromatic heterocycles. The van der Waals surface area contributed by atoms with Gasteiger partial charge in [-0.05, 0) is 62.3 Å². The molecule has 1 nitrogen and oxygen atoms in total. The van der Waals surface area contributed by atoms with Gasteiger partial charge in [0.25, 0.3) is 0 Å². The predicted molar refractivity (Wildman–Crippen MR) is 74.5 cm³/mol. The van der Waals surface area contributed by atoms with Gasteiger partial charge in [-0.3, -0.25) is 0 Å². The van der Waals surface area contributed by atoms with Crippen LogP contribution in [-0.4, -0.2) is 12.6 Å². The van der Waals surface area contributed by atoms with Crippen molar-refractivity contribution in [1.29, 1.82) is 0 Å². The number of benzene rings is 1. The minimum absolute atomic E-state index is 0.170. The molecule has 1 aliphatic rings. The molecule has 1 fully saturated rings. The molecule has 1 unspecified atom stereocenters. The zero-order chi connectivity index (χ0) is 13.2. The van der Waals surface area contributed by atoms with E-state index in [2.05, 4.69) is 19.2 Å². The van der Waals surface area contributed by atoms with Crippen LogP contribution in [0, 0.1) is 11.2 Å². The van der Waals surface area contributed by atoms with Gasteiger partial charge in [-0.1, -0.05) is 24.6 Å². The Kier molecular flexibility index (Phi) is 4.29. The Labute approximate surface area is 114 Å². The quantitative estimate of drug-likeness (QED) is 0.817. The van der Waals surface area contributed by atoms with Crippen LogP contribution in [0.1, 0.15) is 38.7 Å². The van der Waals surface area contributed by atoms with Gasteiger partial charge in [-0.2, -0.15) is 0 Å². The first-order valence-corrected chi connectivity index (χ1v) is 7.12. The second kappa shape index (κ2) is 5.58. The summed E-state index contributed by atoms with van der Waals surface area (Å²) >= 11 is 5.78. The molecule has 0 spiro atoms. The lowest BCUT2D eigenvalue weighted by Gasteiger charge is -2.25. The molecule has 0 radical (unpaired) electrons. The Morgan fingerprint density at radius 1 is 1.44 bits per heavy atom. The summed E-state index contributed by atoms with van der Waals surface area (Å²) in [7, 11) is 0. The summed E-state index contributed by atoms with van der Waals surface area (Å²) < 4.78 is 13.8. The lowest BCUT2D eigenvalue weighted by Crippen LogP contribution is -2.36. The van der Waals surface area contributed by atoms with E-state index < -0.39 is 0 Å². The predicted octanol–water partition coefficient (Wildman–Crippen LogP) is 4.19. The molecule has 1 aliphatic carbocycles. The molecule has 2 rings (SSSR count). The van der Waals surface area contributed by atoms with Gasteiger partial charge in [0.1, 0.15) is 5.82 Å². The third-order valence-electron chi connectivity index (χ3n) is 4.07. The Morgan fingerprint density at radius 3 is 2.72 bits per heavy atom. The van der Waals surface area contributed by atoms with Crippen LogP contribution in [0.25, 0.3) is 0 Å². The second-order valence-corrected chi connectivity index (χ2v) is 5.89. The van der Waals surface area contributed by atoms with Gasteiger partial charge in [0.15, 0.2) is 0 Å². The van der Waals surface area contributed by atoms with Gasteiger partial charge >= 0.3 is 0 Å². The first kappa shape index (κ1) is 13.8. The average molecular weight is 270 g/mol. The minimum atomic E-state index is -0.170. The van der Waals surface area contributed by atoms with Gasteiger partial charge in [0.2, 0.25) is 0 Å². The van der Waals surface area contributed by atoms with Crippen LogP contribution in [-0.2, 0) is 6.42 Å². The van der Waals surface area contributed by atoms with Crippen LogP contribution in [0.4, 0.5) is 4.39 Å². The Bertz CT molecular complexity index is 415. The SMILES string of the molecule is CCCNC(C)C1(Cc2ccc(Cl)cc2F)CC1. The lowest BCUT2D eigenvalue weighted by atomic mass is 9.89. The van der Waals surface area contributed by atoms with E-state index in [1.165, 1.54) is 18.9 Å². The average Bonchev–Trinajstić information content (AvgIpc) is 3.11. The summed E-state index contributed by atoms with van der Waals surface area (Å²) in [5.74, 6) is -0.170. The molecule has 18 heavy (non-hydrogen) atoms. The van der Waals surface area contributed by atoms with Crippen molar-refractivity contribution in [1.82, 2.24) is 5.32 Å². The van der Waals surface area contributed by atoms with Crippen LogP contribution < -0.4 is 5.32 Å². The van der Waals surface area contributed by atoms with E-state index in [-0.39, 0.29) is 11.2 Å². The molecule has 1 atom stereocenters. The first-order chi connectivity index (χ1) is 8.57. The number of hydrogen-bond donors (Lipinski definition) is 1. The number of nitrogens with one attached hydrogen (secondary N) is 1. The van der Waals surface area contributed by atoms with Crippen molar-refractivity contribution < 1.29 is 4.39 Å². The van der Waals surface area contributed by atoms with Gasteiger partial charge in [0.05, 0.1) is 0 Å². The maximum atomic E-state index is 13.8. The van der Waals surface area contributed by atoms with E-state index in [0.29, 0.717) is 11.1 Å². The molecular weight excluding hydrogens is 249 g/mol. The van der Waals surface area contributed by atoms with E-state index >= 15 is 0 Å². The van der Waals surface area contributed by atoms with E-state index in [0.717, 1.165) is 24.9 Å². The number of rotatable bonds is 6. The van der Waals surface area contributed by atoms with Crippen LogP contribution in [0.5, 0.6) is 0 Å². The summed E-state index contributed by atoms with van der Waals surface area (Å²) in [4.78, 5) is 0. The summed E-state index contributed by atoms with van der Waals surface area (Å²) in [6, 6.07) is 5.47. The largest absolute Gasteiger partial charge is 0.314 e. The van der Waals surface area contributed by atoms with Crippen molar-refractivity contribution in [2.45, 2.75) is 45.6 Å². The number of halogens is 2. The van der Waals surface area contributed by atoms with E-state index in [4.69, 9.17) is 11.6 Å². The summed E-state index contributed by atoms with van der Waals surface area (Å²) in [6.07, 6.45) is 4.32. The van der Waals surface area contributed by atoms with Crippen LogP contribution in [0.15, 0.2) is 18.2 Å². The summed E-state index contributed by atoms with van der Waals surface area (Å²) in [6.45, 7) is 5.42. The first-order valence-electron chi connectivity index (χ1n) is 6.75. The monoisotopic (exact) mass is 269 g/mol. The normalized spacial score (nSPS) is 18.7.